The second kappa shape index (κ2) is 4.78. The molecule has 2 aromatic rings. The fourth-order valence-electron chi connectivity index (χ4n) is 2.32. The van der Waals surface area contributed by atoms with Crippen molar-refractivity contribution in [2.45, 2.75) is 0 Å². The summed E-state index contributed by atoms with van der Waals surface area (Å²) in [6.45, 7) is 0. The first-order valence-corrected chi connectivity index (χ1v) is 6.37. The van der Waals surface area contributed by atoms with Gasteiger partial charge in [0.2, 0.25) is 0 Å². The Labute approximate surface area is 117 Å². The Hall–Kier alpha value is -2.68. The second-order valence-electron chi connectivity index (χ2n) is 4.68. The molecule has 20 heavy (non-hydrogen) atoms. The molecule has 0 fully saturated rings. The van der Waals surface area contributed by atoms with E-state index in [0.29, 0.717) is 11.1 Å². The summed E-state index contributed by atoms with van der Waals surface area (Å²) >= 11 is 0. The van der Waals surface area contributed by atoms with Crippen LogP contribution in [0.2, 0.25) is 0 Å². The minimum Gasteiger partial charge on any atom is -0.277 e. The molecule has 0 saturated heterocycles. The van der Waals surface area contributed by atoms with Gasteiger partial charge in [0.25, 0.3) is 11.8 Å². The number of imide groups is 1. The third kappa shape index (κ3) is 1.93. The lowest BCUT2D eigenvalue weighted by atomic mass is 10.0. The third-order valence-electron chi connectivity index (χ3n) is 3.41. The normalized spacial score (nSPS) is 14.2. The van der Waals surface area contributed by atoms with Gasteiger partial charge in [-0.2, -0.15) is 0 Å². The van der Waals surface area contributed by atoms with Gasteiger partial charge in [-0.15, -0.1) is 0 Å². The molecule has 3 nitrogen and oxygen atoms in total. The van der Waals surface area contributed by atoms with E-state index in [1.165, 1.54) is 7.05 Å². The van der Waals surface area contributed by atoms with Gasteiger partial charge in [-0.05, 0) is 17.2 Å². The maximum Gasteiger partial charge on any atom is 0.261 e. The molecule has 0 aliphatic carbocycles. The molecule has 98 valence electrons. The Kier molecular flexibility index (Phi) is 2.95. The molecule has 0 radical (unpaired) electrons. The van der Waals surface area contributed by atoms with E-state index in [2.05, 4.69) is 0 Å². The largest absolute Gasteiger partial charge is 0.277 e. The molecule has 0 atom stereocenters. The van der Waals surface area contributed by atoms with Crippen molar-refractivity contribution in [1.29, 1.82) is 0 Å². The van der Waals surface area contributed by atoms with Gasteiger partial charge in [0.15, 0.2) is 0 Å². The number of rotatable bonds is 2. The first-order valence-electron chi connectivity index (χ1n) is 6.37. The zero-order chi connectivity index (χ0) is 14.1. The van der Waals surface area contributed by atoms with Gasteiger partial charge in [0.05, 0.1) is 11.1 Å². The van der Waals surface area contributed by atoms with Crippen molar-refractivity contribution in [2.24, 2.45) is 0 Å². The molecule has 0 unspecified atom stereocenters. The van der Waals surface area contributed by atoms with E-state index in [4.69, 9.17) is 0 Å². The van der Waals surface area contributed by atoms with Crippen molar-refractivity contribution in [1.82, 2.24) is 4.90 Å². The molecule has 2 amide bonds. The van der Waals surface area contributed by atoms with Gasteiger partial charge in [0.1, 0.15) is 0 Å². The van der Waals surface area contributed by atoms with Crippen molar-refractivity contribution < 1.29 is 9.59 Å². The highest BCUT2D eigenvalue weighted by Gasteiger charge is 2.33. The molecular formula is C17H13NO2. The highest BCUT2D eigenvalue weighted by molar-refractivity contribution is 6.22. The van der Waals surface area contributed by atoms with Crippen LogP contribution < -0.4 is 0 Å². The average Bonchev–Trinajstić information content (AvgIpc) is 2.72. The monoisotopic (exact) mass is 263 g/mol. The molecule has 1 heterocycles. The Balaban J connectivity index is 2.04. The third-order valence-corrected chi connectivity index (χ3v) is 3.41. The van der Waals surface area contributed by atoms with E-state index < -0.39 is 0 Å². The van der Waals surface area contributed by atoms with Crippen LogP contribution in [0.3, 0.4) is 0 Å². The molecule has 3 rings (SSSR count). The summed E-state index contributed by atoms with van der Waals surface area (Å²) in [4.78, 5) is 25.2. The van der Waals surface area contributed by atoms with Crippen molar-refractivity contribution >= 4 is 24.0 Å². The van der Waals surface area contributed by atoms with Gasteiger partial charge < -0.3 is 0 Å². The standard InChI is InChI=1S/C17H13NO2/c1-18-16(19)14-9-5-8-13(15(14)17(18)20)11-10-12-6-3-2-4-7-12/h2-11H,1H3/b11-10+. The quantitative estimate of drug-likeness (QED) is 0.616. The Bertz CT molecular complexity index is 717. The fourth-order valence-corrected chi connectivity index (χ4v) is 2.32. The van der Waals surface area contributed by atoms with Crippen LogP contribution >= 0.6 is 0 Å². The lowest BCUT2D eigenvalue weighted by Crippen LogP contribution is -2.24. The molecular weight excluding hydrogens is 250 g/mol. The maximum absolute atomic E-state index is 12.1. The molecule has 2 aromatic carbocycles. The zero-order valence-electron chi connectivity index (χ0n) is 11.0. The van der Waals surface area contributed by atoms with Crippen LogP contribution in [0.4, 0.5) is 0 Å². The zero-order valence-corrected chi connectivity index (χ0v) is 11.0. The minimum atomic E-state index is -0.238. The van der Waals surface area contributed by atoms with Crippen LogP contribution in [0.5, 0.6) is 0 Å². The van der Waals surface area contributed by atoms with Crippen LogP contribution in [0.15, 0.2) is 48.5 Å². The molecule has 0 saturated carbocycles. The average molecular weight is 263 g/mol. The van der Waals surface area contributed by atoms with Crippen LogP contribution in [-0.4, -0.2) is 23.8 Å². The predicted octanol–water partition coefficient (Wildman–Crippen LogP) is 3.08. The number of hydrogen-bond acceptors (Lipinski definition) is 2. The predicted molar refractivity (Wildman–Crippen MR) is 78.2 cm³/mol. The van der Waals surface area contributed by atoms with Crippen LogP contribution in [-0.2, 0) is 0 Å². The van der Waals surface area contributed by atoms with Crippen molar-refractivity contribution in [3.8, 4) is 0 Å². The van der Waals surface area contributed by atoms with E-state index >= 15 is 0 Å². The Morgan fingerprint density at radius 1 is 0.850 bits per heavy atom. The fraction of sp³-hybridized carbons (Fsp3) is 0.0588. The number of fused-ring (bicyclic) bond motifs is 1. The maximum atomic E-state index is 12.1. The number of amides is 2. The highest BCUT2D eigenvalue weighted by atomic mass is 16.2. The number of hydrogen-bond donors (Lipinski definition) is 0. The van der Waals surface area contributed by atoms with Gasteiger partial charge in [0, 0.05) is 7.05 Å². The van der Waals surface area contributed by atoms with E-state index in [-0.39, 0.29) is 11.8 Å². The lowest BCUT2D eigenvalue weighted by Gasteiger charge is -2.03. The summed E-state index contributed by atoms with van der Waals surface area (Å²) in [6.07, 6.45) is 3.81. The van der Waals surface area contributed by atoms with E-state index in [1.807, 2.05) is 48.6 Å². The topological polar surface area (TPSA) is 37.4 Å². The van der Waals surface area contributed by atoms with E-state index in [0.717, 1.165) is 16.0 Å². The summed E-state index contributed by atoms with van der Waals surface area (Å²) < 4.78 is 0. The summed E-state index contributed by atoms with van der Waals surface area (Å²) in [6, 6.07) is 15.2. The highest BCUT2D eigenvalue weighted by Crippen LogP contribution is 2.26. The molecule has 3 heteroatoms. The van der Waals surface area contributed by atoms with Crippen LogP contribution in [0.1, 0.15) is 31.8 Å². The van der Waals surface area contributed by atoms with E-state index in [1.54, 1.807) is 12.1 Å². The minimum absolute atomic E-state index is 0.236. The molecule has 1 aliphatic rings. The smallest absolute Gasteiger partial charge is 0.261 e. The Morgan fingerprint density at radius 3 is 2.35 bits per heavy atom. The first-order chi connectivity index (χ1) is 9.68. The molecule has 0 N–H and O–H groups in total. The number of nitrogens with zero attached hydrogens (tertiary/aromatic N) is 1. The molecule has 1 aliphatic heterocycles. The number of benzene rings is 2. The second-order valence-corrected chi connectivity index (χ2v) is 4.68. The number of carbonyl (C=O) groups is 2. The number of carbonyl (C=O) groups excluding carboxylic acids is 2. The van der Waals surface area contributed by atoms with Gasteiger partial charge in [-0.3, -0.25) is 14.5 Å². The summed E-state index contributed by atoms with van der Waals surface area (Å²) in [7, 11) is 1.51. The van der Waals surface area contributed by atoms with Crippen LogP contribution in [0, 0.1) is 0 Å². The summed E-state index contributed by atoms with van der Waals surface area (Å²) in [5.74, 6) is -0.474. The first kappa shape index (κ1) is 12.4. The molecule has 0 bridgehead atoms. The van der Waals surface area contributed by atoms with Crippen LogP contribution in [0.25, 0.3) is 12.2 Å². The van der Waals surface area contributed by atoms with Gasteiger partial charge in [-0.25, -0.2) is 0 Å². The summed E-state index contributed by atoms with van der Waals surface area (Å²) in [5, 5.41) is 0. The lowest BCUT2D eigenvalue weighted by molar-refractivity contribution is 0.0693. The molecule has 0 aromatic heterocycles. The van der Waals surface area contributed by atoms with Gasteiger partial charge in [-0.1, -0.05) is 54.6 Å². The van der Waals surface area contributed by atoms with Crippen molar-refractivity contribution in [2.75, 3.05) is 7.05 Å². The van der Waals surface area contributed by atoms with Gasteiger partial charge >= 0.3 is 0 Å². The van der Waals surface area contributed by atoms with E-state index in [9.17, 15) is 9.59 Å². The summed E-state index contributed by atoms with van der Waals surface area (Å²) in [5.41, 5.74) is 2.80. The van der Waals surface area contributed by atoms with Crippen molar-refractivity contribution in [3.05, 3.63) is 70.8 Å². The molecule has 0 spiro atoms. The van der Waals surface area contributed by atoms with Crippen molar-refractivity contribution in [3.63, 3.8) is 0 Å². The Morgan fingerprint density at radius 2 is 1.60 bits per heavy atom. The SMILES string of the molecule is CN1C(=O)c2cccc(/C=C/c3ccccc3)c2C1=O.